The van der Waals surface area contributed by atoms with E-state index in [2.05, 4.69) is 32.7 Å². The SMILES string of the molecule is CCCC(C)N(C)CC1(CO)CCC(C)CC1. The average molecular weight is 241 g/mol. The summed E-state index contributed by atoms with van der Waals surface area (Å²) in [4.78, 5) is 2.45. The molecule has 0 amide bonds. The molecule has 0 spiro atoms. The molecule has 0 aromatic heterocycles. The smallest absolute Gasteiger partial charge is 0.0499 e. The lowest BCUT2D eigenvalue weighted by atomic mass is 9.71. The van der Waals surface area contributed by atoms with Gasteiger partial charge in [-0.1, -0.05) is 33.1 Å². The maximum Gasteiger partial charge on any atom is 0.0499 e. The Kier molecular flexibility index (Phi) is 5.94. The molecule has 1 fully saturated rings. The van der Waals surface area contributed by atoms with E-state index in [1.807, 2.05) is 0 Å². The first-order chi connectivity index (χ1) is 8.03. The van der Waals surface area contributed by atoms with E-state index in [1.165, 1.54) is 38.5 Å². The summed E-state index contributed by atoms with van der Waals surface area (Å²) in [6, 6.07) is 0.641. The van der Waals surface area contributed by atoms with Crippen molar-refractivity contribution in [2.75, 3.05) is 20.2 Å². The summed E-state index contributed by atoms with van der Waals surface area (Å²) in [5.74, 6) is 0.855. The van der Waals surface area contributed by atoms with E-state index in [9.17, 15) is 5.11 Å². The Labute approximate surface area is 107 Å². The van der Waals surface area contributed by atoms with Crippen LogP contribution < -0.4 is 0 Å². The lowest BCUT2D eigenvalue weighted by molar-refractivity contribution is 0.0259. The highest BCUT2D eigenvalue weighted by Gasteiger charge is 2.35. The van der Waals surface area contributed by atoms with Crippen LogP contribution >= 0.6 is 0 Å². The van der Waals surface area contributed by atoms with E-state index in [0.29, 0.717) is 12.6 Å². The first-order valence-corrected chi connectivity index (χ1v) is 7.34. The van der Waals surface area contributed by atoms with Gasteiger partial charge in [0, 0.05) is 24.6 Å². The Morgan fingerprint density at radius 3 is 2.41 bits per heavy atom. The molecule has 17 heavy (non-hydrogen) atoms. The number of hydrogen-bond donors (Lipinski definition) is 1. The highest BCUT2D eigenvalue weighted by atomic mass is 16.3. The van der Waals surface area contributed by atoms with Crippen molar-refractivity contribution in [3.8, 4) is 0 Å². The summed E-state index contributed by atoms with van der Waals surface area (Å²) in [7, 11) is 2.22. The predicted molar refractivity (Wildman–Crippen MR) is 74.2 cm³/mol. The number of aliphatic hydroxyl groups is 1. The molecule has 0 heterocycles. The van der Waals surface area contributed by atoms with Crippen molar-refractivity contribution in [1.82, 2.24) is 4.90 Å². The molecule has 1 aliphatic rings. The number of hydrogen-bond acceptors (Lipinski definition) is 2. The number of rotatable bonds is 6. The van der Waals surface area contributed by atoms with Crippen molar-refractivity contribution in [3.63, 3.8) is 0 Å². The van der Waals surface area contributed by atoms with Gasteiger partial charge in [-0.25, -0.2) is 0 Å². The minimum absolute atomic E-state index is 0.184. The van der Waals surface area contributed by atoms with Gasteiger partial charge in [-0.15, -0.1) is 0 Å². The van der Waals surface area contributed by atoms with Gasteiger partial charge in [-0.2, -0.15) is 0 Å². The van der Waals surface area contributed by atoms with Gasteiger partial charge >= 0.3 is 0 Å². The van der Waals surface area contributed by atoms with Crippen LogP contribution in [0.2, 0.25) is 0 Å². The van der Waals surface area contributed by atoms with Gasteiger partial charge in [0.15, 0.2) is 0 Å². The summed E-state index contributed by atoms with van der Waals surface area (Å²) in [6.45, 7) is 8.32. The largest absolute Gasteiger partial charge is 0.396 e. The van der Waals surface area contributed by atoms with Gasteiger partial charge in [0.1, 0.15) is 0 Å². The van der Waals surface area contributed by atoms with Gasteiger partial charge in [0.25, 0.3) is 0 Å². The van der Waals surface area contributed by atoms with Gasteiger partial charge < -0.3 is 10.0 Å². The molecule has 0 aromatic carbocycles. The molecule has 1 atom stereocenters. The van der Waals surface area contributed by atoms with Crippen molar-refractivity contribution >= 4 is 0 Å². The molecule has 102 valence electrons. The normalized spacial score (nSPS) is 31.8. The molecule has 1 N–H and O–H groups in total. The summed E-state index contributed by atoms with van der Waals surface area (Å²) < 4.78 is 0. The van der Waals surface area contributed by atoms with Crippen LogP contribution in [-0.2, 0) is 0 Å². The van der Waals surface area contributed by atoms with Gasteiger partial charge in [0.2, 0.25) is 0 Å². The minimum atomic E-state index is 0.184. The zero-order valence-corrected chi connectivity index (χ0v) is 12.2. The molecular weight excluding hydrogens is 210 g/mol. The zero-order chi connectivity index (χ0) is 12.9. The molecule has 1 saturated carbocycles. The molecule has 0 radical (unpaired) electrons. The van der Waals surface area contributed by atoms with Crippen LogP contribution in [0.5, 0.6) is 0 Å². The average Bonchev–Trinajstić information content (AvgIpc) is 2.33. The van der Waals surface area contributed by atoms with Crippen LogP contribution in [0.1, 0.15) is 59.3 Å². The lowest BCUT2D eigenvalue weighted by Crippen LogP contribution is -2.44. The second-order valence-electron chi connectivity index (χ2n) is 6.39. The fraction of sp³-hybridized carbons (Fsp3) is 1.00. The third kappa shape index (κ3) is 4.26. The maximum absolute atomic E-state index is 9.76. The molecule has 0 saturated heterocycles. The highest BCUT2D eigenvalue weighted by molar-refractivity contribution is 4.87. The van der Waals surface area contributed by atoms with Crippen molar-refractivity contribution in [1.29, 1.82) is 0 Å². The first kappa shape index (κ1) is 15.0. The van der Waals surface area contributed by atoms with Crippen molar-refractivity contribution < 1.29 is 5.11 Å². The van der Waals surface area contributed by atoms with Crippen LogP contribution in [0.15, 0.2) is 0 Å². The minimum Gasteiger partial charge on any atom is -0.396 e. The van der Waals surface area contributed by atoms with Gasteiger partial charge in [0.05, 0.1) is 0 Å². The molecule has 0 aliphatic heterocycles. The highest BCUT2D eigenvalue weighted by Crippen LogP contribution is 2.39. The summed E-state index contributed by atoms with van der Waals surface area (Å²) >= 11 is 0. The third-order valence-corrected chi connectivity index (χ3v) is 4.71. The fourth-order valence-corrected chi connectivity index (χ4v) is 3.06. The Morgan fingerprint density at radius 1 is 1.35 bits per heavy atom. The molecule has 2 nitrogen and oxygen atoms in total. The van der Waals surface area contributed by atoms with E-state index in [0.717, 1.165) is 12.5 Å². The Bertz CT molecular complexity index is 209. The molecule has 1 unspecified atom stereocenters. The van der Waals surface area contributed by atoms with Gasteiger partial charge in [-0.3, -0.25) is 0 Å². The summed E-state index contributed by atoms with van der Waals surface area (Å²) in [5.41, 5.74) is 0.184. The van der Waals surface area contributed by atoms with Crippen molar-refractivity contribution in [2.45, 2.75) is 65.3 Å². The van der Waals surface area contributed by atoms with E-state index < -0.39 is 0 Å². The maximum atomic E-state index is 9.76. The number of aliphatic hydroxyl groups excluding tert-OH is 1. The Balaban J connectivity index is 2.50. The summed E-state index contributed by atoms with van der Waals surface area (Å²) in [5, 5.41) is 9.76. The topological polar surface area (TPSA) is 23.5 Å². The molecule has 1 rings (SSSR count). The lowest BCUT2D eigenvalue weighted by Gasteiger charge is -2.42. The second kappa shape index (κ2) is 6.75. The predicted octanol–water partition coefficient (Wildman–Crippen LogP) is 3.30. The molecule has 0 aromatic rings. The summed E-state index contributed by atoms with van der Waals surface area (Å²) in [6.07, 6.45) is 7.48. The van der Waals surface area contributed by atoms with Crippen LogP contribution in [0, 0.1) is 11.3 Å². The molecule has 0 bridgehead atoms. The first-order valence-electron chi connectivity index (χ1n) is 7.34. The zero-order valence-electron chi connectivity index (χ0n) is 12.2. The van der Waals surface area contributed by atoms with Crippen LogP contribution in [-0.4, -0.2) is 36.2 Å². The molecule has 1 aliphatic carbocycles. The quantitative estimate of drug-likeness (QED) is 0.771. The van der Waals surface area contributed by atoms with Crippen LogP contribution in [0.4, 0.5) is 0 Å². The monoisotopic (exact) mass is 241 g/mol. The third-order valence-electron chi connectivity index (χ3n) is 4.71. The molecule has 2 heteroatoms. The Hall–Kier alpha value is -0.0800. The van der Waals surface area contributed by atoms with E-state index >= 15 is 0 Å². The van der Waals surface area contributed by atoms with Crippen LogP contribution in [0.25, 0.3) is 0 Å². The van der Waals surface area contributed by atoms with Gasteiger partial charge in [-0.05, 0) is 39.2 Å². The van der Waals surface area contributed by atoms with Crippen molar-refractivity contribution in [3.05, 3.63) is 0 Å². The van der Waals surface area contributed by atoms with E-state index in [1.54, 1.807) is 0 Å². The van der Waals surface area contributed by atoms with Crippen molar-refractivity contribution in [2.24, 2.45) is 11.3 Å². The Morgan fingerprint density at radius 2 is 1.94 bits per heavy atom. The van der Waals surface area contributed by atoms with Crippen LogP contribution in [0.3, 0.4) is 0 Å². The second-order valence-corrected chi connectivity index (χ2v) is 6.39. The standard InChI is InChI=1S/C15H31NO/c1-5-6-14(3)16(4)11-15(12-17)9-7-13(2)8-10-15/h13-14,17H,5-12H2,1-4H3. The van der Waals surface area contributed by atoms with E-state index in [4.69, 9.17) is 0 Å². The number of nitrogens with zero attached hydrogens (tertiary/aromatic N) is 1. The molecular formula is C15H31NO. The fourth-order valence-electron chi connectivity index (χ4n) is 3.06. The van der Waals surface area contributed by atoms with E-state index in [-0.39, 0.29) is 5.41 Å².